The van der Waals surface area contributed by atoms with E-state index in [1.165, 1.54) is 0 Å². The predicted octanol–water partition coefficient (Wildman–Crippen LogP) is 2.40. The Morgan fingerprint density at radius 3 is 2.31 bits per heavy atom. The summed E-state index contributed by atoms with van der Waals surface area (Å²) in [7, 11) is 0. The van der Waals surface area contributed by atoms with E-state index in [4.69, 9.17) is 16.7 Å². The summed E-state index contributed by atoms with van der Waals surface area (Å²) in [6, 6.07) is 1.61. The molecule has 70 valence electrons. The third-order valence-corrected chi connectivity index (χ3v) is 1.82. The molecule has 1 aromatic rings. The Bertz CT molecular complexity index is 352. The summed E-state index contributed by atoms with van der Waals surface area (Å²) in [5, 5.41) is 8.54. The van der Waals surface area contributed by atoms with E-state index in [0.29, 0.717) is 0 Å². The number of hydrogen-bond donors (Lipinski definition) is 1. The quantitative estimate of drug-likeness (QED) is 0.755. The van der Waals surface area contributed by atoms with E-state index < -0.39 is 23.2 Å². The number of halogens is 3. The van der Waals surface area contributed by atoms with Crippen LogP contribution in [0.2, 0.25) is 0 Å². The number of carboxylic acid groups (broad SMARTS) is 1. The van der Waals surface area contributed by atoms with Gasteiger partial charge in [0.1, 0.15) is 17.2 Å². The van der Waals surface area contributed by atoms with Crippen molar-refractivity contribution in [2.24, 2.45) is 0 Å². The van der Waals surface area contributed by atoms with Crippen molar-refractivity contribution in [3.8, 4) is 0 Å². The Morgan fingerprint density at radius 1 is 1.38 bits per heavy atom. The Morgan fingerprint density at radius 2 is 1.92 bits per heavy atom. The number of aromatic carboxylic acids is 1. The molecule has 1 N–H and O–H groups in total. The first kappa shape index (κ1) is 9.92. The Labute approximate surface area is 77.8 Å². The number of alkyl halides is 1. The van der Waals surface area contributed by atoms with Crippen LogP contribution in [-0.2, 0) is 5.88 Å². The van der Waals surface area contributed by atoms with Gasteiger partial charge in [0.2, 0.25) is 0 Å². The molecule has 0 aliphatic rings. The maximum Gasteiger partial charge on any atom is 0.339 e. The molecule has 0 radical (unpaired) electrons. The smallest absolute Gasteiger partial charge is 0.339 e. The molecule has 2 nitrogen and oxygen atoms in total. The number of benzene rings is 1. The van der Waals surface area contributed by atoms with Crippen LogP contribution in [0.3, 0.4) is 0 Å². The van der Waals surface area contributed by atoms with Crippen molar-refractivity contribution in [1.82, 2.24) is 0 Å². The molecule has 0 amide bonds. The van der Waals surface area contributed by atoms with Crippen LogP contribution in [0.25, 0.3) is 0 Å². The van der Waals surface area contributed by atoms with E-state index >= 15 is 0 Å². The van der Waals surface area contributed by atoms with Crippen LogP contribution >= 0.6 is 11.6 Å². The van der Waals surface area contributed by atoms with Gasteiger partial charge in [-0.3, -0.25) is 0 Å². The van der Waals surface area contributed by atoms with Crippen LogP contribution in [0, 0.1) is 11.6 Å². The molecule has 0 atom stereocenters. The van der Waals surface area contributed by atoms with E-state index in [1.54, 1.807) is 0 Å². The molecular weight excluding hydrogens is 202 g/mol. The second-order valence-corrected chi connectivity index (χ2v) is 2.59. The van der Waals surface area contributed by atoms with E-state index in [-0.39, 0.29) is 11.4 Å². The van der Waals surface area contributed by atoms with Crippen LogP contribution < -0.4 is 0 Å². The minimum Gasteiger partial charge on any atom is -0.478 e. The third-order valence-electron chi connectivity index (χ3n) is 1.55. The molecular formula is C8H5ClF2O2. The highest BCUT2D eigenvalue weighted by Gasteiger charge is 2.18. The molecule has 0 aliphatic carbocycles. The lowest BCUT2D eigenvalue weighted by Gasteiger charge is -2.04. The van der Waals surface area contributed by atoms with Gasteiger partial charge in [-0.1, -0.05) is 0 Å². The van der Waals surface area contributed by atoms with Crippen molar-refractivity contribution in [3.63, 3.8) is 0 Å². The monoisotopic (exact) mass is 206 g/mol. The first-order chi connectivity index (χ1) is 6.07. The minimum atomic E-state index is -1.52. The van der Waals surface area contributed by atoms with Gasteiger partial charge in [0.25, 0.3) is 0 Å². The van der Waals surface area contributed by atoms with Gasteiger partial charge >= 0.3 is 5.97 Å². The van der Waals surface area contributed by atoms with Crippen LogP contribution in [0.5, 0.6) is 0 Å². The highest BCUT2D eigenvalue weighted by Crippen LogP contribution is 2.19. The number of rotatable bonds is 2. The molecule has 1 aromatic carbocycles. The van der Waals surface area contributed by atoms with E-state index in [1.807, 2.05) is 0 Å². The SMILES string of the molecule is O=C(O)c1c(F)ccc(F)c1CCl. The lowest BCUT2D eigenvalue weighted by molar-refractivity contribution is 0.0690. The van der Waals surface area contributed by atoms with Gasteiger partial charge < -0.3 is 5.11 Å². The van der Waals surface area contributed by atoms with Gasteiger partial charge in [-0.2, -0.15) is 0 Å². The number of hydrogen-bond acceptors (Lipinski definition) is 1. The standard InChI is InChI=1S/C8H5ClF2O2/c9-3-4-5(10)1-2-6(11)7(4)8(12)13/h1-2H,3H2,(H,12,13). The van der Waals surface area contributed by atoms with Crippen molar-refractivity contribution in [1.29, 1.82) is 0 Å². The fourth-order valence-electron chi connectivity index (χ4n) is 0.956. The van der Waals surface area contributed by atoms with Crippen molar-refractivity contribution in [3.05, 3.63) is 34.9 Å². The molecule has 0 unspecified atom stereocenters. The van der Waals surface area contributed by atoms with Gasteiger partial charge in [-0.25, -0.2) is 13.6 Å². The summed E-state index contributed by atoms with van der Waals surface area (Å²) in [6.07, 6.45) is 0. The molecule has 5 heteroatoms. The van der Waals surface area contributed by atoms with E-state index in [2.05, 4.69) is 0 Å². The van der Waals surface area contributed by atoms with Gasteiger partial charge in [0.15, 0.2) is 0 Å². The van der Waals surface area contributed by atoms with Crippen LogP contribution in [0.4, 0.5) is 8.78 Å². The molecule has 0 saturated heterocycles. The summed E-state index contributed by atoms with van der Waals surface area (Å²) >= 11 is 5.28. The lowest BCUT2D eigenvalue weighted by atomic mass is 10.1. The van der Waals surface area contributed by atoms with Gasteiger partial charge in [0, 0.05) is 5.56 Å². The fourth-order valence-corrected chi connectivity index (χ4v) is 1.22. The molecule has 0 fully saturated rings. The third kappa shape index (κ3) is 1.78. The highest BCUT2D eigenvalue weighted by atomic mass is 35.5. The first-order valence-corrected chi connectivity index (χ1v) is 3.87. The summed E-state index contributed by atoms with van der Waals surface area (Å²) in [4.78, 5) is 10.5. The molecule has 0 spiro atoms. The lowest BCUT2D eigenvalue weighted by Crippen LogP contribution is -2.07. The second kappa shape index (κ2) is 3.70. The van der Waals surface area contributed by atoms with Crippen molar-refractivity contribution >= 4 is 17.6 Å². The second-order valence-electron chi connectivity index (χ2n) is 2.32. The number of carboxylic acids is 1. The minimum absolute atomic E-state index is 0.325. The normalized spacial score (nSPS) is 10.1. The topological polar surface area (TPSA) is 37.3 Å². The van der Waals surface area contributed by atoms with Crippen molar-refractivity contribution < 1.29 is 18.7 Å². The molecule has 1 rings (SSSR count). The van der Waals surface area contributed by atoms with Crippen molar-refractivity contribution in [2.75, 3.05) is 0 Å². The maximum absolute atomic E-state index is 12.9. The Kier molecular flexibility index (Phi) is 2.83. The van der Waals surface area contributed by atoms with Gasteiger partial charge in [0.05, 0.1) is 5.88 Å². The van der Waals surface area contributed by atoms with Gasteiger partial charge in [-0.05, 0) is 12.1 Å². The fraction of sp³-hybridized carbons (Fsp3) is 0.125. The van der Waals surface area contributed by atoms with E-state index in [9.17, 15) is 13.6 Å². The Hall–Kier alpha value is -1.16. The van der Waals surface area contributed by atoms with Crippen LogP contribution in [0.1, 0.15) is 15.9 Å². The Balaban J connectivity index is 3.43. The number of carbonyl (C=O) groups is 1. The molecule has 0 bridgehead atoms. The maximum atomic E-state index is 12.9. The zero-order valence-corrected chi connectivity index (χ0v) is 7.11. The molecule has 13 heavy (non-hydrogen) atoms. The average molecular weight is 207 g/mol. The van der Waals surface area contributed by atoms with Crippen LogP contribution in [0.15, 0.2) is 12.1 Å². The first-order valence-electron chi connectivity index (χ1n) is 3.34. The zero-order chi connectivity index (χ0) is 10.0. The molecule has 0 heterocycles. The highest BCUT2D eigenvalue weighted by molar-refractivity contribution is 6.17. The van der Waals surface area contributed by atoms with Gasteiger partial charge in [-0.15, -0.1) is 11.6 Å². The summed E-state index contributed by atoms with van der Waals surface area (Å²) in [5.74, 6) is -3.68. The van der Waals surface area contributed by atoms with Crippen molar-refractivity contribution in [2.45, 2.75) is 5.88 Å². The largest absolute Gasteiger partial charge is 0.478 e. The predicted molar refractivity (Wildman–Crippen MR) is 42.9 cm³/mol. The zero-order valence-electron chi connectivity index (χ0n) is 6.35. The van der Waals surface area contributed by atoms with E-state index in [0.717, 1.165) is 12.1 Å². The molecule has 0 aromatic heterocycles. The summed E-state index contributed by atoms with van der Waals surface area (Å²) in [6.45, 7) is 0. The molecule has 0 aliphatic heterocycles. The average Bonchev–Trinajstić information content (AvgIpc) is 2.07. The summed E-state index contributed by atoms with van der Waals surface area (Å²) < 4.78 is 25.7. The molecule has 0 saturated carbocycles. The van der Waals surface area contributed by atoms with Crippen LogP contribution in [-0.4, -0.2) is 11.1 Å². The summed E-state index contributed by atoms with van der Waals surface area (Å²) in [5.41, 5.74) is -1.02.